The Kier molecular flexibility index (Phi) is 44.4. The van der Waals surface area contributed by atoms with Crippen LogP contribution in [-0.4, -0.2) is 111 Å². The molecule has 0 aromatic carbocycles. The number of carbonyl (C=O) groups excluding carboxylic acids is 2. The van der Waals surface area contributed by atoms with Crippen LogP contribution in [0.1, 0.15) is 206 Å². The Labute approximate surface area is 340 Å². The number of hydrogen-bond acceptors (Lipinski definition) is 7. The fraction of sp³-hybridized carbons (Fsp3) is 0.947. The van der Waals surface area contributed by atoms with Crippen molar-refractivity contribution in [3.05, 3.63) is 0 Å². The van der Waals surface area contributed by atoms with Crippen molar-refractivity contribution in [2.75, 3.05) is 13.2 Å². The van der Waals surface area contributed by atoms with Gasteiger partial charge in [-0.05, 0) is 12.8 Å². The molecule has 0 amide bonds. The summed E-state index contributed by atoms with van der Waals surface area (Å²) in [7, 11) is -4.25. The minimum atomic E-state index is -4.25. The summed E-state index contributed by atoms with van der Waals surface area (Å²) in [6.45, 7) is 3.48. The second-order valence-electron chi connectivity index (χ2n) is 13.6. The van der Waals surface area contributed by atoms with Crippen LogP contribution in [0, 0.1) is 0 Å². The summed E-state index contributed by atoms with van der Waals surface area (Å²) in [6, 6.07) is 0. The van der Waals surface area contributed by atoms with Crippen molar-refractivity contribution in [1.82, 2.24) is 0 Å². The van der Waals surface area contributed by atoms with Crippen LogP contribution < -0.4 is 0 Å². The molecular formula is C38H77Na2O7P. The van der Waals surface area contributed by atoms with Crippen LogP contribution in [0.5, 0.6) is 0 Å². The molecule has 0 saturated heterocycles. The standard InChI is InChI=1S/C38H75O7P.2Na.2H/c1-3-5-7-9-11-13-15-17-19-21-23-25-27-29-35(41)33-36(34-40)45-46(44,38(43)31-32-39)37(42)30-28-26-24-22-20-18-16-14-12-10-8-6-4-2;;;;/h36,38-40,43H,3-34H2,1-2H3;;;;. The molecule has 0 rings (SSSR count). The van der Waals surface area contributed by atoms with E-state index in [1.54, 1.807) is 0 Å². The predicted molar refractivity (Wildman–Crippen MR) is 207 cm³/mol. The van der Waals surface area contributed by atoms with Gasteiger partial charge in [0, 0.05) is 32.3 Å². The van der Waals surface area contributed by atoms with Gasteiger partial charge in [-0.2, -0.15) is 0 Å². The monoisotopic (exact) mass is 723 g/mol. The first-order valence-electron chi connectivity index (χ1n) is 19.6. The predicted octanol–water partition coefficient (Wildman–Crippen LogP) is 9.49. The molecule has 278 valence electrons. The molecule has 0 aromatic heterocycles. The van der Waals surface area contributed by atoms with E-state index in [2.05, 4.69) is 13.8 Å². The van der Waals surface area contributed by atoms with Crippen LogP contribution in [0.25, 0.3) is 0 Å². The second kappa shape index (κ2) is 39.6. The molecule has 48 heavy (non-hydrogen) atoms. The Morgan fingerprint density at radius 1 is 0.562 bits per heavy atom. The Morgan fingerprint density at radius 3 is 1.23 bits per heavy atom. The minimum absolute atomic E-state index is 0. The normalized spacial score (nSPS) is 13.7. The van der Waals surface area contributed by atoms with Gasteiger partial charge in [-0.3, -0.25) is 14.2 Å². The zero-order chi connectivity index (χ0) is 34.1. The second-order valence-corrected chi connectivity index (χ2v) is 16.1. The SMILES string of the molecule is CCCCCCCCCCCCCCCC(=O)CC(CO)OP(=O)(C(=O)CCCCCCCCCCCCCCC)C(O)CCO.[NaH].[NaH]. The molecular weight excluding hydrogens is 645 g/mol. The number of hydrogen-bond donors (Lipinski definition) is 3. The van der Waals surface area contributed by atoms with Gasteiger partial charge < -0.3 is 19.8 Å². The third-order valence-electron chi connectivity index (χ3n) is 9.15. The first kappa shape index (κ1) is 53.8. The van der Waals surface area contributed by atoms with Crippen molar-refractivity contribution >= 4 is 77.8 Å². The maximum absolute atomic E-state index is 13.6. The van der Waals surface area contributed by atoms with Gasteiger partial charge in [0.05, 0.1) is 12.7 Å². The number of unbranched alkanes of at least 4 members (excludes halogenated alkanes) is 24. The van der Waals surface area contributed by atoms with Crippen LogP contribution in [0.15, 0.2) is 0 Å². The average Bonchev–Trinajstić information content (AvgIpc) is 3.04. The molecule has 3 atom stereocenters. The number of rotatable bonds is 37. The van der Waals surface area contributed by atoms with Gasteiger partial charge in [0.2, 0.25) is 5.52 Å². The van der Waals surface area contributed by atoms with Crippen LogP contribution in [0.3, 0.4) is 0 Å². The number of Topliss-reactive ketones (excluding diaryl/α,β-unsaturated/α-hetero) is 1. The molecule has 0 bridgehead atoms. The quantitative estimate of drug-likeness (QED) is 0.0332. The topological polar surface area (TPSA) is 121 Å². The van der Waals surface area contributed by atoms with Gasteiger partial charge in [0.1, 0.15) is 11.6 Å². The molecule has 10 heteroatoms. The van der Waals surface area contributed by atoms with Crippen molar-refractivity contribution in [1.29, 1.82) is 0 Å². The molecule has 0 aliphatic heterocycles. The number of ketones is 1. The summed E-state index contributed by atoms with van der Waals surface area (Å²) in [5.41, 5.74) is -0.668. The van der Waals surface area contributed by atoms with Gasteiger partial charge in [-0.1, -0.05) is 168 Å². The van der Waals surface area contributed by atoms with E-state index in [9.17, 15) is 29.5 Å². The molecule has 0 fully saturated rings. The van der Waals surface area contributed by atoms with Crippen molar-refractivity contribution in [3.8, 4) is 0 Å². The maximum atomic E-state index is 13.6. The molecule has 7 nitrogen and oxygen atoms in total. The van der Waals surface area contributed by atoms with Crippen molar-refractivity contribution < 1.29 is 34.0 Å². The van der Waals surface area contributed by atoms with Crippen molar-refractivity contribution in [3.63, 3.8) is 0 Å². The summed E-state index contributed by atoms with van der Waals surface area (Å²) in [5, 5.41) is 29.7. The van der Waals surface area contributed by atoms with Crippen LogP contribution >= 0.6 is 7.37 Å². The average molecular weight is 723 g/mol. The van der Waals surface area contributed by atoms with Crippen molar-refractivity contribution in [2.45, 2.75) is 218 Å². The molecule has 0 saturated carbocycles. The van der Waals surface area contributed by atoms with E-state index in [-0.39, 0.29) is 84.2 Å². The molecule has 3 unspecified atom stereocenters. The van der Waals surface area contributed by atoms with Gasteiger partial charge in [-0.15, -0.1) is 0 Å². The number of carbonyl (C=O) groups is 2. The van der Waals surface area contributed by atoms with E-state index in [4.69, 9.17) is 4.52 Å². The van der Waals surface area contributed by atoms with Gasteiger partial charge in [0.15, 0.2) is 0 Å². The first-order chi connectivity index (χ1) is 22.3. The Hall–Kier alpha value is 1.41. The summed E-state index contributed by atoms with van der Waals surface area (Å²) in [6.07, 6.45) is 29.9. The molecule has 0 aromatic rings. The molecule has 3 N–H and O–H groups in total. The summed E-state index contributed by atoms with van der Waals surface area (Å²) in [5.74, 6) is -1.74. The van der Waals surface area contributed by atoms with Crippen LogP contribution in [0.4, 0.5) is 0 Å². The van der Waals surface area contributed by atoms with E-state index < -0.39 is 38.1 Å². The third kappa shape index (κ3) is 31.0. The zero-order valence-electron chi connectivity index (χ0n) is 30.2. The van der Waals surface area contributed by atoms with E-state index >= 15 is 0 Å². The van der Waals surface area contributed by atoms with E-state index in [1.807, 2.05) is 0 Å². The van der Waals surface area contributed by atoms with Gasteiger partial charge in [-0.25, -0.2) is 0 Å². The Bertz CT molecular complexity index is 757. The third-order valence-corrected chi connectivity index (χ3v) is 11.7. The van der Waals surface area contributed by atoms with Gasteiger partial charge in [0.25, 0.3) is 7.37 Å². The van der Waals surface area contributed by atoms with E-state index in [0.717, 1.165) is 38.5 Å². The van der Waals surface area contributed by atoms with E-state index in [0.29, 0.717) is 12.8 Å². The molecule has 0 spiro atoms. The molecule has 0 aliphatic carbocycles. The fourth-order valence-electron chi connectivity index (χ4n) is 6.08. The Balaban J connectivity index is -0.0000101. The first-order valence-corrected chi connectivity index (χ1v) is 21.3. The molecule has 0 heterocycles. The number of aliphatic hydroxyl groups is 3. The molecule has 0 radical (unpaired) electrons. The van der Waals surface area contributed by atoms with Crippen molar-refractivity contribution in [2.24, 2.45) is 0 Å². The zero-order valence-corrected chi connectivity index (χ0v) is 31.1. The summed E-state index contributed by atoms with van der Waals surface area (Å²) in [4.78, 5) is 25.6. The molecule has 0 aliphatic rings. The van der Waals surface area contributed by atoms with E-state index in [1.165, 1.54) is 122 Å². The fourth-order valence-corrected chi connectivity index (χ4v) is 8.18. The summed E-state index contributed by atoms with van der Waals surface area (Å²) >= 11 is 0. The Morgan fingerprint density at radius 2 is 0.896 bits per heavy atom. The van der Waals surface area contributed by atoms with Crippen LogP contribution in [0.2, 0.25) is 0 Å². The summed E-state index contributed by atoms with van der Waals surface area (Å²) < 4.78 is 19.2. The van der Waals surface area contributed by atoms with Gasteiger partial charge >= 0.3 is 59.1 Å². The number of aliphatic hydroxyl groups excluding tert-OH is 3. The van der Waals surface area contributed by atoms with Crippen LogP contribution in [-0.2, 0) is 18.7 Å².